The predicted octanol–water partition coefficient (Wildman–Crippen LogP) is 4.93. The lowest BCUT2D eigenvalue weighted by molar-refractivity contribution is -0.136. The van der Waals surface area contributed by atoms with E-state index >= 15 is 0 Å². The molecule has 0 aliphatic carbocycles. The molecule has 17 nitrogen and oxygen atoms in total. The first-order chi connectivity index (χ1) is 32.6. The topological polar surface area (TPSA) is 213 Å². The third kappa shape index (κ3) is 12.1. The molecular weight excluding hydrogens is 861 g/mol. The number of nitrogens with one attached hydrogen (secondary N) is 4. The molecule has 17 heteroatoms. The molecule has 2 aliphatic rings. The Kier molecular flexibility index (Phi) is 16.4. The number of carbonyl (C=O) groups excluding carboxylic acids is 6. The number of piperidine rings is 1. The minimum Gasteiger partial charge on any atom is -0.493 e. The van der Waals surface area contributed by atoms with Gasteiger partial charge in [-0.3, -0.25) is 34.1 Å². The molecule has 5 aromatic rings. The summed E-state index contributed by atoms with van der Waals surface area (Å²) in [4.78, 5) is 81.5. The highest BCUT2D eigenvalue weighted by atomic mass is 16.5. The molecule has 1 atom stereocenters. The average molecular weight is 913 g/mol. The number of likely N-dealkylation sites (N-methyl/N-ethyl adjacent to an activating group) is 1. The molecule has 0 spiro atoms. The number of aldehydes is 1. The number of hydrogen-bond acceptors (Lipinski definition) is 13. The number of aromatic nitrogens is 1. The lowest BCUT2D eigenvalue weighted by Gasteiger charge is -2.30. The van der Waals surface area contributed by atoms with Gasteiger partial charge in [0.05, 0.1) is 75.8 Å². The number of rotatable bonds is 22. The van der Waals surface area contributed by atoms with Crippen molar-refractivity contribution in [2.45, 2.75) is 25.3 Å². The highest BCUT2D eigenvalue weighted by Gasteiger charge is 2.34. The fourth-order valence-corrected chi connectivity index (χ4v) is 7.78. The maximum atomic E-state index is 13.4. The highest BCUT2D eigenvalue weighted by Crippen LogP contribution is 2.41. The Morgan fingerprint density at radius 1 is 0.776 bits per heavy atom. The van der Waals surface area contributed by atoms with Crippen LogP contribution in [0.15, 0.2) is 97.1 Å². The SMILES string of the molecule is COc1ccc(-c2cc(-c3ccccc3)nc3c2CC(=O)Nc2ccccc2-3)cc1OCC(=O)NCCOCCOCCOCCNc1cccc(C=O)c1C(=O)N(C)C1CCC(=O)NC1=O. The van der Waals surface area contributed by atoms with Gasteiger partial charge in [0.25, 0.3) is 11.8 Å². The Hall–Kier alpha value is -7.47. The van der Waals surface area contributed by atoms with Crippen LogP contribution in [0.1, 0.15) is 39.1 Å². The van der Waals surface area contributed by atoms with E-state index in [0.717, 1.165) is 33.5 Å². The summed E-state index contributed by atoms with van der Waals surface area (Å²) < 4.78 is 28.4. The number of methoxy groups -OCH3 is 1. The summed E-state index contributed by atoms with van der Waals surface area (Å²) in [6, 6.07) is 28.9. The quantitative estimate of drug-likeness (QED) is 0.0413. The van der Waals surface area contributed by atoms with Crippen LogP contribution in [0.4, 0.5) is 11.4 Å². The Morgan fingerprint density at radius 2 is 1.51 bits per heavy atom. The number of fused-ring (bicyclic) bond motifs is 3. The summed E-state index contributed by atoms with van der Waals surface area (Å²) >= 11 is 0. The predicted molar refractivity (Wildman–Crippen MR) is 249 cm³/mol. The molecule has 1 unspecified atom stereocenters. The van der Waals surface area contributed by atoms with Crippen LogP contribution in [0.2, 0.25) is 0 Å². The first-order valence-corrected chi connectivity index (χ1v) is 21.9. The smallest absolute Gasteiger partial charge is 0.258 e. The first kappa shape index (κ1) is 47.5. The zero-order valence-corrected chi connectivity index (χ0v) is 37.3. The number of pyridine rings is 1. The Morgan fingerprint density at radius 3 is 2.25 bits per heavy atom. The third-order valence-electron chi connectivity index (χ3n) is 11.1. The van der Waals surface area contributed by atoms with Crippen molar-refractivity contribution >= 4 is 47.2 Å². The Labute approximate surface area is 387 Å². The second-order valence-electron chi connectivity index (χ2n) is 15.6. The molecule has 0 bridgehead atoms. The normalized spacial score (nSPS) is 14.1. The van der Waals surface area contributed by atoms with Gasteiger partial charge in [0.15, 0.2) is 24.4 Å². The maximum Gasteiger partial charge on any atom is 0.258 e. The van der Waals surface area contributed by atoms with Crippen molar-refractivity contribution in [3.8, 4) is 45.1 Å². The highest BCUT2D eigenvalue weighted by molar-refractivity contribution is 6.09. The van der Waals surface area contributed by atoms with Crippen LogP contribution < -0.4 is 30.7 Å². The fraction of sp³-hybridized carbons (Fsp3) is 0.300. The van der Waals surface area contributed by atoms with Crippen LogP contribution in [0.5, 0.6) is 11.5 Å². The second-order valence-corrected chi connectivity index (χ2v) is 15.6. The second kappa shape index (κ2) is 23.1. The summed E-state index contributed by atoms with van der Waals surface area (Å²) in [7, 11) is 3.00. The number of ether oxygens (including phenoxy) is 5. The van der Waals surface area contributed by atoms with Crippen molar-refractivity contribution in [2.24, 2.45) is 0 Å². The van der Waals surface area contributed by atoms with Crippen LogP contribution in [0.3, 0.4) is 0 Å². The summed E-state index contributed by atoms with van der Waals surface area (Å²) in [5.74, 6) is -1.17. The zero-order valence-electron chi connectivity index (χ0n) is 37.3. The lowest BCUT2D eigenvalue weighted by Crippen LogP contribution is -2.53. The van der Waals surface area contributed by atoms with Crippen molar-refractivity contribution in [1.29, 1.82) is 0 Å². The van der Waals surface area contributed by atoms with Crippen molar-refractivity contribution in [3.63, 3.8) is 0 Å². The number of amides is 5. The first-order valence-electron chi connectivity index (χ1n) is 21.9. The Bertz CT molecular complexity index is 2610. The number of carbonyl (C=O) groups is 6. The van der Waals surface area contributed by atoms with Gasteiger partial charge in [-0.15, -0.1) is 0 Å². The Balaban J connectivity index is 0.823. The van der Waals surface area contributed by atoms with Crippen LogP contribution in [0.25, 0.3) is 33.6 Å². The van der Waals surface area contributed by atoms with E-state index in [0.29, 0.717) is 67.8 Å². The van der Waals surface area contributed by atoms with Gasteiger partial charge in [-0.05, 0) is 53.4 Å². The number of benzene rings is 4. The summed E-state index contributed by atoms with van der Waals surface area (Å²) in [5.41, 5.74) is 6.93. The molecule has 348 valence electrons. The lowest BCUT2D eigenvalue weighted by atomic mass is 9.92. The van der Waals surface area contributed by atoms with Crippen molar-refractivity contribution in [3.05, 3.63) is 114 Å². The van der Waals surface area contributed by atoms with E-state index in [4.69, 9.17) is 28.7 Å². The van der Waals surface area contributed by atoms with E-state index in [9.17, 15) is 28.8 Å². The number of nitrogens with zero attached hydrogens (tertiary/aromatic N) is 2. The van der Waals surface area contributed by atoms with Crippen LogP contribution >= 0.6 is 0 Å². The van der Waals surface area contributed by atoms with E-state index in [2.05, 4.69) is 21.3 Å². The average Bonchev–Trinajstić information content (AvgIpc) is 3.49. The molecular formula is C50H52N6O11. The molecule has 5 amide bonds. The molecule has 1 fully saturated rings. The van der Waals surface area contributed by atoms with Gasteiger partial charge in [0, 0.05) is 48.9 Å². The van der Waals surface area contributed by atoms with Gasteiger partial charge in [-0.2, -0.15) is 0 Å². The third-order valence-corrected chi connectivity index (χ3v) is 11.1. The zero-order chi connectivity index (χ0) is 47.1. The molecule has 2 aliphatic heterocycles. The molecule has 3 heterocycles. The van der Waals surface area contributed by atoms with Gasteiger partial charge in [0.1, 0.15) is 6.04 Å². The van der Waals surface area contributed by atoms with Gasteiger partial charge in [-0.25, -0.2) is 4.98 Å². The maximum absolute atomic E-state index is 13.4. The molecule has 0 radical (unpaired) electrons. The van der Waals surface area contributed by atoms with Crippen LogP contribution in [-0.4, -0.2) is 125 Å². The minimum atomic E-state index is -0.833. The van der Waals surface area contributed by atoms with Crippen molar-refractivity contribution < 1.29 is 52.5 Å². The van der Waals surface area contributed by atoms with Crippen molar-refractivity contribution in [2.75, 3.05) is 84.1 Å². The number of hydrogen-bond donors (Lipinski definition) is 4. The molecule has 1 aromatic heterocycles. The molecule has 4 N–H and O–H groups in total. The number of anilines is 2. The molecule has 4 aromatic carbocycles. The fourth-order valence-electron chi connectivity index (χ4n) is 7.78. The summed E-state index contributed by atoms with van der Waals surface area (Å²) in [6.07, 6.45) is 1.00. The van der Waals surface area contributed by atoms with E-state index in [-0.39, 0.29) is 74.5 Å². The van der Waals surface area contributed by atoms with Gasteiger partial charge in [-0.1, -0.05) is 66.7 Å². The van der Waals surface area contributed by atoms with Crippen molar-refractivity contribution in [1.82, 2.24) is 20.5 Å². The largest absolute Gasteiger partial charge is 0.493 e. The van der Waals surface area contributed by atoms with Gasteiger partial charge in [0.2, 0.25) is 17.7 Å². The summed E-state index contributed by atoms with van der Waals surface area (Å²) in [6.45, 7) is 2.05. The minimum absolute atomic E-state index is 0.110. The van der Waals surface area contributed by atoms with E-state index in [1.165, 1.54) is 25.1 Å². The van der Waals surface area contributed by atoms with Gasteiger partial charge < -0.3 is 44.5 Å². The monoisotopic (exact) mass is 912 g/mol. The van der Waals surface area contributed by atoms with E-state index in [1.807, 2.05) is 66.7 Å². The molecule has 0 saturated carbocycles. The standard InChI is InChI=1S/C50H52N6O11/c1-56(41-16-18-44(58)55-49(41)61)50(62)47-34(30-57)11-8-14-39(47)51-19-21-64-23-25-66-26-24-65-22-20-52-46(60)31-67-43-27-33(15-17-42(43)63-2)36-28-40(32-9-4-3-5-10-32)54-48-35-12-6-7-13-38(35)53-45(59)29-37(36)48/h3-15,17,27-28,30,41,51H,16,18-26,29,31H2,1-2H3,(H,52,60)(H,53,59)(H,55,58,61). The molecule has 67 heavy (non-hydrogen) atoms. The number of imide groups is 1. The van der Waals surface area contributed by atoms with Gasteiger partial charge >= 0.3 is 0 Å². The molecule has 7 rings (SSSR count). The van der Waals surface area contributed by atoms with Crippen LogP contribution in [-0.2, 0) is 39.8 Å². The number of para-hydroxylation sites is 1. The van der Waals surface area contributed by atoms with Crippen LogP contribution in [0, 0.1) is 0 Å². The molecule has 1 saturated heterocycles. The van der Waals surface area contributed by atoms with E-state index < -0.39 is 17.9 Å². The van der Waals surface area contributed by atoms with E-state index in [1.54, 1.807) is 24.3 Å². The summed E-state index contributed by atoms with van der Waals surface area (Å²) in [5, 5.41) is 11.2.